The standard InChI is InChI=1S/C19H27ClN6O2S2/c1-28-12-4-7-21-17(27)13-24-8-10-25(11-9-24)14-26-19(29)30-18(23-26)22-16-6-3-2-5-15(16)20/h2-3,5-6H,4,7-14H2,1H3,(H,21,27)(H,22,23). The molecule has 0 aliphatic carbocycles. The predicted octanol–water partition coefficient (Wildman–Crippen LogP) is 2.80. The van der Waals surface area contributed by atoms with Crippen molar-refractivity contribution >= 4 is 51.9 Å². The lowest BCUT2D eigenvalue weighted by molar-refractivity contribution is -0.122. The van der Waals surface area contributed by atoms with E-state index >= 15 is 0 Å². The number of para-hydroxylation sites is 1. The van der Waals surface area contributed by atoms with Gasteiger partial charge in [0.05, 0.1) is 23.9 Å². The largest absolute Gasteiger partial charge is 0.385 e. The van der Waals surface area contributed by atoms with Gasteiger partial charge in [-0.1, -0.05) is 35.1 Å². The van der Waals surface area contributed by atoms with Crippen LogP contribution in [0.4, 0.5) is 10.8 Å². The van der Waals surface area contributed by atoms with Gasteiger partial charge in [-0.3, -0.25) is 14.6 Å². The van der Waals surface area contributed by atoms with Crippen molar-refractivity contribution in [3.8, 4) is 0 Å². The number of anilines is 2. The SMILES string of the molecule is COCCCNC(=O)CN1CCN(Cn2nc(Nc3ccccc3Cl)sc2=S)CC1. The first-order valence-corrected chi connectivity index (χ1v) is 11.5. The van der Waals surface area contributed by atoms with Gasteiger partial charge < -0.3 is 15.4 Å². The molecule has 1 amide bonds. The summed E-state index contributed by atoms with van der Waals surface area (Å²) < 4.78 is 7.53. The number of aromatic nitrogens is 2. The summed E-state index contributed by atoms with van der Waals surface area (Å²) in [6, 6.07) is 7.55. The normalized spacial score (nSPS) is 15.3. The number of nitrogens with zero attached hydrogens (tertiary/aromatic N) is 4. The van der Waals surface area contributed by atoms with Crippen LogP contribution in [0.2, 0.25) is 5.02 Å². The maximum atomic E-state index is 12.0. The Morgan fingerprint density at radius 2 is 2.00 bits per heavy atom. The van der Waals surface area contributed by atoms with Gasteiger partial charge in [0.15, 0.2) is 3.95 Å². The summed E-state index contributed by atoms with van der Waals surface area (Å²) in [5.74, 6) is 0.0663. The number of ether oxygens (including phenoxy) is 1. The highest BCUT2D eigenvalue weighted by atomic mass is 35.5. The van der Waals surface area contributed by atoms with Crippen molar-refractivity contribution in [3.63, 3.8) is 0 Å². The molecule has 0 saturated carbocycles. The lowest BCUT2D eigenvalue weighted by Crippen LogP contribution is -2.49. The first-order chi connectivity index (χ1) is 14.5. The summed E-state index contributed by atoms with van der Waals surface area (Å²) in [6.45, 7) is 5.79. The van der Waals surface area contributed by atoms with Gasteiger partial charge in [-0.05, 0) is 30.8 Å². The van der Waals surface area contributed by atoms with Gasteiger partial charge in [-0.25, -0.2) is 4.68 Å². The van der Waals surface area contributed by atoms with Gasteiger partial charge in [-0.15, -0.1) is 5.10 Å². The molecule has 1 fully saturated rings. The van der Waals surface area contributed by atoms with Gasteiger partial charge in [0.1, 0.15) is 0 Å². The third-order valence-corrected chi connectivity index (χ3v) is 6.29. The number of amides is 1. The van der Waals surface area contributed by atoms with E-state index in [4.69, 9.17) is 28.6 Å². The van der Waals surface area contributed by atoms with E-state index in [2.05, 4.69) is 25.5 Å². The van der Waals surface area contributed by atoms with Gasteiger partial charge >= 0.3 is 0 Å². The van der Waals surface area contributed by atoms with Crippen LogP contribution in [0.5, 0.6) is 0 Å². The lowest BCUT2D eigenvalue weighted by atomic mass is 10.3. The zero-order chi connectivity index (χ0) is 21.3. The van der Waals surface area contributed by atoms with E-state index in [9.17, 15) is 4.79 Å². The topological polar surface area (TPSA) is 74.7 Å². The minimum atomic E-state index is 0.0663. The van der Waals surface area contributed by atoms with Crippen molar-refractivity contribution in [1.82, 2.24) is 24.9 Å². The molecule has 1 aliphatic heterocycles. The number of hydrogen-bond acceptors (Lipinski definition) is 8. The Morgan fingerprint density at radius 1 is 1.27 bits per heavy atom. The van der Waals surface area contributed by atoms with Crippen LogP contribution >= 0.6 is 35.2 Å². The summed E-state index contributed by atoms with van der Waals surface area (Å²) in [5, 5.41) is 12.1. The molecule has 1 saturated heterocycles. The Bertz CT molecular complexity index is 882. The smallest absolute Gasteiger partial charge is 0.234 e. The number of hydrogen-bond donors (Lipinski definition) is 2. The summed E-state index contributed by atoms with van der Waals surface area (Å²) in [5.41, 5.74) is 0.809. The molecule has 164 valence electrons. The Kier molecular flexibility index (Phi) is 9.04. The van der Waals surface area contributed by atoms with Crippen molar-refractivity contribution in [2.45, 2.75) is 13.1 Å². The van der Waals surface area contributed by atoms with Gasteiger partial charge in [0.25, 0.3) is 0 Å². The number of methoxy groups -OCH3 is 1. The van der Waals surface area contributed by atoms with E-state index in [1.54, 1.807) is 7.11 Å². The fourth-order valence-corrected chi connectivity index (χ4v) is 4.29. The Balaban J connectivity index is 1.44. The second-order valence-corrected chi connectivity index (χ2v) is 9.04. The monoisotopic (exact) mass is 470 g/mol. The molecule has 3 rings (SSSR count). The van der Waals surface area contributed by atoms with E-state index in [1.807, 2.05) is 28.9 Å². The highest BCUT2D eigenvalue weighted by Gasteiger charge is 2.20. The molecule has 2 heterocycles. The second kappa shape index (κ2) is 11.7. The minimum absolute atomic E-state index is 0.0663. The number of benzene rings is 1. The molecular formula is C19H27ClN6O2S2. The number of piperazine rings is 1. The summed E-state index contributed by atoms with van der Waals surface area (Å²) in [7, 11) is 1.66. The molecule has 1 aromatic carbocycles. The molecular weight excluding hydrogens is 444 g/mol. The van der Waals surface area contributed by atoms with E-state index in [1.165, 1.54) is 11.3 Å². The number of nitrogens with one attached hydrogen (secondary N) is 2. The van der Waals surface area contributed by atoms with E-state index in [0.717, 1.165) is 43.4 Å². The Labute approximate surface area is 190 Å². The summed E-state index contributed by atoms with van der Waals surface area (Å²) in [6.07, 6.45) is 0.831. The molecule has 8 nitrogen and oxygen atoms in total. The second-order valence-electron chi connectivity index (χ2n) is 7.01. The van der Waals surface area contributed by atoms with Crippen LogP contribution in [0.3, 0.4) is 0 Å². The van der Waals surface area contributed by atoms with Crippen LogP contribution in [0.15, 0.2) is 24.3 Å². The van der Waals surface area contributed by atoms with E-state index < -0.39 is 0 Å². The van der Waals surface area contributed by atoms with Crippen LogP contribution in [0.25, 0.3) is 0 Å². The molecule has 30 heavy (non-hydrogen) atoms. The third kappa shape index (κ3) is 7.00. The summed E-state index contributed by atoms with van der Waals surface area (Å²) >= 11 is 13.1. The number of rotatable bonds is 10. The molecule has 2 aromatic rings. The minimum Gasteiger partial charge on any atom is -0.385 e. The molecule has 0 radical (unpaired) electrons. The highest BCUT2D eigenvalue weighted by Crippen LogP contribution is 2.26. The van der Waals surface area contributed by atoms with Crippen molar-refractivity contribution in [2.75, 3.05) is 58.3 Å². The molecule has 1 aromatic heterocycles. The lowest BCUT2D eigenvalue weighted by Gasteiger charge is -2.33. The van der Waals surface area contributed by atoms with Gasteiger partial charge in [-0.2, -0.15) is 0 Å². The van der Waals surface area contributed by atoms with Gasteiger partial charge in [0.2, 0.25) is 11.0 Å². The fourth-order valence-electron chi connectivity index (χ4n) is 3.11. The molecule has 0 atom stereocenters. The zero-order valence-electron chi connectivity index (χ0n) is 17.0. The van der Waals surface area contributed by atoms with Crippen LogP contribution in [-0.2, 0) is 16.2 Å². The Hall–Kier alpha value is -1.56. The van der Waals surface area contributed by atoms with Crippen molar-refractivity contribution in [2.24, 2.45) is 0 Å². The van der Waals surface area contributed by atoms with Crippen molar-refractivity contribution < 1.29 is 9.53 Å². The van der Waals surface area contributed by atoms with Crippen molar-refractivity contribution in [1.29, 1.82) is 0 Å². The molecule has 0 unspecified atom stereocenters. The highest BCUT2D eigenvalue weighted by molar-refractivity contribution is 7.73. The molecule has 2 N–H and O–H groups in total. The average Bonchev–Trinajstić information content (AvgIpc) is 3.07. The first kappa shape index (κ1) is 23.1. The summed E-state index contributed by atoms with van der Waals surface area (Å²) in [4.78, 5) is 16.5. The first-order valence-electron chi connectivity index (χ1n) is 9.85. The maximum absolute atomic E-state index is 12.0. The number of halogens is 1. The van der Waals surface area contributed by atoms with E-state index in [-0.39, 0.29) is 5.91 Å². The van der Waals surface area contributed by atoms with Crippen LogP contribution in [0.1, 0.15) is 6.42 Å². The van der Waals surface area contributed by atoms with Crippen molar-refractivity contribution in [3.05, 3.63) is 33.2 Å². The van der Waals surface area contributed by atoms with E-state index in [0.29, 0.717) is 35.3 Å². The fraction of sp³-hybridized carbons (Fsp3) is 0.526. The quantitative estimate of drug-likeness (QED) is 0.408. The average molecular weight is 471 g/mol. The third-order valence-electron chi connectivity index (χ3n) is 4.74. The van der Waals surface area contributed by atoms with Crippen LogP contribution < -0.4 is 10.6 Å². The maximum Gasteiger partial charge on any atom is 0.234 e. The van der Waals surface area contributed by atoms with Crippen LogP contribution in [0, 0.1) is 3.95 Å². The molecule has 1 aliphatic rings. The Morgan fingerprint density at radius 3 is 2.73 bits per heavy atom. The molecule has 0 spiro atoms. The zero-order valence-corrected chi connectivity index (χ0v) is 19.4. The molecule has 0 bridgehead atoms. The number of carbonyl (C=O) groups is 1. The van der Waals surface area contributed by atoms with Crippen LogP contribution in [-0.4, -0.2) is 78.5 Å². The predicted molar refractivity (Wildman–Crippen MR) is 123 cm³/mol. The van der Waals surface area contributed by atoms with Gasteiger partial charge in [0, 0.05) is 46.4 Å². The number of carbonyl (C=O) groups excluding carboxylic acids is 1. The molecule has 11 heteroatoms.